The summed E-state index contributed by atoms with van der Waals surface area (Å²) in [6, 6.07) is 2.26. The van der Waals surface area contributed by atoms with Gasteiger partial charge in [-0.2, -0.15) is 10.1 Å². The van der Waals surface area contributed by atoms with Crippen LogP contribution in [0.3, 0.4) is 0 Å². The van der Waals surface area contributed by atoms with Crippen LogP contribution in [0.2, 0.25) is 0 Å². The van der Waals surface area contributed by atoms with Crippen molar-refractivity contribution in [3.05, 3.63) is 29.2 Å². The van der Waals surface area contributed by atoms with Gasteiger partial charge in [0, 0.05) is 50.2 Å². The van der Waals surface area contributed by atoms with Crippen molar-refractivity contribution in [3.63, 3.8) is 0 Å². The maximum absolute atomic E-state index is 9.92. The second-order valence-corrected chi connectivity index (χ2v) is 7.50. The highest BCUT2D eigenvalue weighted by molar-refractivity contribution is 5.44. The minimum Gasteiger partial charge on any atom is -0.391 e. The Balaban J connectivity index is 1.78. The number of aliphatic hydroxyl groups excluding tert-OH is 1. The highest BCUT2D eigenvalue weighted by Crippen LogP contribution is 2.22. The van der Waals surface area contributed by atoms with E-state index in [1.807, 2.05) is 13.1 Å². The van der Waals surface area contributed by atoms with Crippen molar-refractivity contribution >= 4 is 11.8 Å². The molecule has 7 heteroatoms. The number of piperidine rings is 1. The Morgan fingerprint density at radius 1 is 1.35 bits per heavy atom. The van der Waals surface area contributed by atoms with E-state index in [-0.39, 0.29) is 6.10 Å². The van der Waals surface area contributed by atoms with Crippen LogP contribution in [0.1, 0.15) is 49.7 Å². The van der Waals surface area contributed by atoms with E-state index < -0.39 is 0 Å². The summed E-state index contributed by atoms with van der Waals surface area (Å²) in [5, 5.41) is 14.6. The minimum absolute atomic E-state index is 0.271. The van der Waals surface area contributed by atoms with Crippen LogP contribution in [0.4, 0.5) is 11.8 Å². The first-order valence-electron chi connectivity index (χ1n) is 9.38. The van der Waals surface area contributed by atoms with E-state index in [1.54, 1.807) is 6.20 Å². The Bertz CT molecular complexity index is 756. The quantitative estimate of drug-likeness (QED) is 0.885. The molecular formula is C19H30N6O. The van der Waals surface area contributed by atoms with Crippen molar-refractivity contribution in [2.75, 3.05) is 29.9 Å². The van der Waals surface area contributed by atoms with E-state index in [9.17, 15) is 5.11 Å². The van der Waals surface area contributed by atoms with Gasteiger partial charge in [0.05, 0.1) is 11.8 Å². The van der Waals surface area contributed by atoms with Gasteiger partial charge >= 0.3 is 0 Å². The predicted octanol–water partition coefficient (Wildman–Crippen LogP) is 2.47. The zero-order chi connectivity index (χ0) is 18.8. The van der Waals surface area contributed by atoms with E-state index in [0.29, 0.717) is 18.5 Å². The van der Waals surface area contributed by atoms with Crippen LogP contribution in [-0.4, -0.2) is 51.1 Å². The first-order valence-corrected chi connectivity index (χ1v) is 9.38. The molecule has 0 aliphatic carbocycles. The molecule has 1 atom stereocenters. The lowest BCUT2D eigenvalue weighted by Crippen LogP contribution is -2.38. The molecule has 1 aliphatic rings. The zero-order valence-corrected chi connectivity index (χ0v) is 16.5. The van der Waals surface area contributed by atoms with Crippen LogP contribution in [0.25, 0.3) is 0 Å². The molecule has 0 amide bonds. The van der Waals surface area contributed by atoms with Crippen molar-refractivity contribution in [3.8, 4) is 0 Å². The third-order valence-electron chi connectivity index (χ3n) is 5.05. The molecule has 0 radical (unpaired) electrons. The Hall–Kier alpha value is -2.15. The molecule has 0 aromatic carbocycles. The molecule has 1 fully saturated rings. The van der Waals surface area contributed by atoms with Crippen LogP contribution < -0.4 is 9.80 Å². The maximum atomic E-state index is 9.92. The van der Waals surface area contributed by atoms with E-state index in [2.05, 4.69) is 52.3 Å². The van der Waals surface area contributed by atoms with Crippen LogP contribution >= 0.6 is 0 Å². The van der Waals surface area contributed by atoms with Crippen LogP contribution in [0, 0.1) is 13.8 Å². The number of hydrogen-bond acceptors (Lipinski definition) is 6. The summed E-state index contributed by atoms with van der Waals surface area (Å²) in [6.45, 7) is 10.8. The molecule has 7 nitrogen and oxygen atoms in total. The van der Waals surface area contributed by atoms with E-state index >= 15 is 0 Å². The average Bonchev–Trinajstić information content (AvgIpc) is 2.90. The zero-order valence-electron chi connectivity index (χ0n) is 16.5. The molecule has 2 aromatic rings. The molecule has 1 aliphatic heterocycles. The van der Waals surface area contributed by atoms with Gasteiger partial charge in [-0.05, 0) is 46.6 Å². The molecule has 2 aromatic heterocycles. The smallest absolute Gasteiger partial charge is 0.227 e. The summed E-state index contributed by atoms with van der Waals surface area (Å²) in [6.07, 6.45) is 3.38. The summed E-state index contributed by atoms with van der Waals surface area (Å²) in [5.74, 6) is 1.57. The second kappa shape index (κ2) is 7.61. The second-order valence-electron chi connectivity index (χ2n) is 7.50. The molecule has 0 saturated carbocycles. The number of aryl methyl sites for hydroxylation is 1. The average molecular weight is 358 g/mol. The Kier molecular flexibility index (Phi) is 5.46. The largest absolute Gasteiger partial charge is 0.391 e. The van der Waals surface area contributed by atoms with E-state index in [4.69, 9.17) is 4.98 Å². The summed E-state index contributed by atoms with van der Waals surface area (Å²) in [7, 11) is 2.01. The van der Waals surface area contributed by atoms with Crippen molar-refractivity contribution in [2.24, 2.45) is 0 Å². The normalized spacial score (nSPS) is 17.8. The Morgan fingerprint density at radius 2 is 2.12 bits per heavy atom. The van der Waals surface area contributed by atoms with Gasteiger partial charge in [0.25, 0.3) is 0 Å². The van der Waals surface area contributed by atoms with Gasteiger partial charge in [-0.25, -0.2) is 4.98 Å². The standard InChI is InChI=1S/C19H30N6O/c1-13(2)25-15(4)17(14(3)22-25)12-23(5)19-20-9-8-18(21-19)24-10-6-7-16(26)11-24/h8-9,13,16,26H,6-7,10-12H2,1-5H3. The number of anilines is 2. The van der Waals surface area contributed by atoms with Gasteiger partial charge in [-0.1, -0.05) is 0 Å². The number of β-amino-alcohol motifs (C(OH)–C–C–N with tert-alkyl or cyclic N) is 1. The highest BCUT2D eigenvalue weighted by atomic mass is 16.3. The van der Waals surface area contributed by atoms with Crippen LogP contribution in [0.5, 0.6) is 0 Å². The van der Waals surface area contributed by atoms with E-state index in [0.717, 1.165) is 37.4 Å². The molecule has 1 unspecified atom stereocenters. The topological polar surface area (TPSA) is 70.3 Å². The monoisotopic (exact) mass is 358 g/mol. The first-order chi connectivity index (χ1) is 12.4. The van der Waals surface area contributed by atoms with Crippen molar-refractivity contribution in [1.82, 2.24) is 19.7 Å². The lowest BCUT2D eigenvalue weighted by atomic mass is 10.1. The summed E-state index contributed by atoms with van der Waals surface area (Å²) >= 11 is 0. The molecule has 0 spiro atoms. The fourth-order valence-corrected chi connectivity index (χ4v) is 3.60. The SMILES string of the molecule is Cc1nn(C(C)C)c(C)c1CN(C)c1nccc(N2CCCC(O)C2)n1. The van der Waals surface area contributed by atoms with Gasteiger partial charge < -0.3 is 14.9 Å². The molecule has 1 saturated heterocycles. The number of aromatic nitrogens is 4. The van der Waals surface area contributed by atoms with Gasteiger partial charge in [-0.3, -0.25) is 4.68 Å². The lowest BCUT2D eigenvalue weighted by Gasteiger charge is -2.31. The number of hydrogen-bond donors (Lipinski definition) is 1. The third-order valence-corrected chi connectivity index (χ3v) is 5.05. The maximum Gasteiger partial charge on any atom is 0.227 e. The predicted molar refractivity (Wildman–Crippen MR) is 104 cm³/mol. The molecule has 0 bridgehead atoms. The van der Waals surface area contributed by atoms with Crippen molar-refractivity contribution < 1.29 is 5.11 Å². The highest BCUT2D eigenvalue weighted by Gasteiger charge is 2.20. The number of rotatable bonds is 5. The minimum atomic E-state index is -0.271. The summed E-state index contributed by atoms with van der Waals surface area (Å²) in [5.41, 5.74) is 3.47. The Morgan fingerprint density at radius 3 is 2.77 bits per heavy atom. The fraction of sp³-hybridized carbons (Fsp3) is 0.632. The van der Waals surface area contributed by atoms with Gasteiger partial charge in [0.1, 0.15) is 5.82 Å². The van der Waals surface area contributed by atoms with Gasteiger partial charge in [0.15, 0.2) is 0 Å². The molecule has 3 heterocycles. The van der Waals surface area contributed by atoms with Crippen LogP contribution in [-0.2, 0) is 6.54 Å². The molecule has 142 valence electrons. The van der Waals surface area contributed by atoms with Crippen LogP contribution in [0.15, 0.2) is 12.3 Å². The van der Waals surface area contributed by atoms with Crippen molar-refractivity contribution in [1.29, 1.82) is 0 Å². The lowest BCUT2D eigenvalue weighted by molar-refractivity contribution is 0.154. The van der Waals surface area contributed by atoms with Crippen molar-refractivity contribution in [2.45, 2.75) is 59.2 Å². The molecule has 1 N–H and O–H groups in total. The molecule has 26 heavy (non-hydrogen) atoms. The molecule has 3 rings (SSSR count). The Labute approximate surface area is 155 Å². The van der Waals surface area contributed by atoms with E-state index in [1.165, 1.54) is 11.3 Å². The van der Waals surface area contributed by atoms with Gasteiger partial charge in [0.2, 0.25) is 5.95 Å². The number of aliphatic hydroxyl groups is 1. The molecular weight excluding hydrogens is 328 g/mol. The van der Waals surface area contributed by atoms with Gasteiger partial charge in [-0.15, -0.1) is 0 Å². The summed E-state index contributed by atoms with van der Waals surface area (Å²) < 4.78 is 2.07. The summed E-state index contributed by atoms with van der Waals surface area (Å²) in [4.78, 5) is 13.4. The fourth-order valence-electron chi connectivity index (χ4n) is 3.60. The first kappa shape index (κ1) is 18.6. The third kappa shape index (κ3) is 3.82. The number of nitrogens with zero attached hydrogens (tertiary/aromatic N) is 6.